The number of nitrogens with zero attached hydrogens (tertiary/aromatic N) is 3. The summed E-state index contributed by atoms with van der Waals surface area (Å²) in [6.07, 6.45) is 4.46. The first-order valence-corrected chi connectivity index (χ1v) is 12.6. The van der Waals surface area contributed by atoms with Gasteiger partial charge in [-0.15, -0.1) is 11.8 Å². The largest absolute Gasteiger partial charge is 0.490 e. The van der Waals surface area contributed by atoms with Gasteiger partial charge in [-0.25, -0.2) is 9.97 Å². The molecule has 3 aromatic rings. The van der Waals surface area contributed by atoms with Crippen LogP contribution in [0.5, 0.6) is 5.75 Å². The molecule has 4 N–H and O–H groups in total. The monoisotopic (exact) mass is 498 g/mol. The van der Waals surface area contributed by atoms with Gasteiger partial charge in [-0.05, 0) is 61.9 Å². The van der Waals surface area contributed by atoms with E-state index >= 15 is 0 Å². The third-order valence-corrected chi connectivity index (χ3v) is 6.56. The molecule has 0 radical (unpaired) electrons. The van der Waals surface area contributed by atoms with E-state index in [2.05, 4.69) is 38.4 Å². The topological polar surface area (TPSA) is 119 Å². The molecule has 0 spiro atoms. The molecule has 188 valence electrons. The molecular formula is C26H34N4O4S. The normalized spacial score (nSPS) is 14.0. The Kier molecular flexibility index (Phi) is 9.08. The fourth-order valence-corrected chi connectivity index (χ4v) is 4.34. The van der Waals surface area contributed by atoms with Gasteiger partial charge in [-0.1, -0.05) is 12.1 Å². The number of aliphatic hydroxyl groups excluding tert-OH is 1. The van der Waals surface area contributed by atoms with Crippen LogP contribution in [0.2, 0.25) is 0 Å². The smallest absolute Gasteiger partial charge is 0.251 e. The van der Waals surface area contributed by atoms with Gasteiger partial charge in [0.1, 0.15) is 24.0 Å². The molecule has 8 nitrogen and oxygen atoms in total. The van der Waals surface area contributed by atoms with Gasteiger partial charge in [0.25, 0.3) is 5.91 Å². The minimum absolute atomic E-state index is 0. The number of carbonyl (C=O) groups is 1. The molecule has 1 aromatic heterocycles. The highest BCUT2D eigenvalue weighted by Gasteiger charge is 2.28. The van der Waals surface area contributed by atoms with E-state index in [9.17, 15) is 4.79 Å². The molecule has 0 unspecified atom stereocenters. The van der Waals surface area contributed by atoms with Crippen molar-refractivity contribution in [3.8, 4) is 5.75 Å². The summed E-state index contributed by atoms with van der Waals surface area (Å²) in [6, 6.07) is 15.9. The number of fused-ring (bicyclic) bond motifs is 1. The predicted octanol–water partition coefficient (Wildman–Crippen LogP) is 3.87. The highest BCUT2D eigenvalue weighted by atomic mass is 32.2. The Morgan fingerprint density at radius 3 is 2.60 bits per heavy atom. The van der Waals surface area contributed by atoms with Crippen LogP contribution < -0.4 is 15.0 Å². The number of aromatic nitrogens is 2. The third-order valence-electron chi connectivity index (χ3n) is 5.81. The molecule has 2 heterocycles. The Labute approximate surface area is 211 Å². The van der Waals surface area contributed by atoms with E-state index in [1.54, 1.807) is 11.8 Å². The van der Waals surface area contributed by atoms with Crippen molar-refractivity contribution < 1.29 is 21.5 Å². The van der Waals surface area contributed by atoms with Crippen molar-refractivity contribution in [2.24, 2.45) is 0 Å². The van der Waals surface area contributed by atoms with Crippen molar-refractivity contribution in [1.82, 2.24) is 15.3 Å². The summed E-state index contributed by atoms with van der Waals surface area (Å²) in [5.41, 5.74) is 3.72. The summed E-state index contributed by atoms with van der Waals surface area (Å²) in [4.78, 5) is 25.4. The predicted molar refractivity (Wildman–Crippen MR) is 141 cm³/mol. The van der Waals surface area contributed by atoms with Crippen LogP contribution in [0.1, 0.15) is 47.6 Å². The molecule has 0 bridgehead atoms. The van der Waals surface area contributed by atoms with E-state index in [0.29, 0.717) is 36.9 Å². The van der Waals surface area contributed by atoms with E-state index in [1.807, 2.05) is 43.5 Å². The van der Waals surface area contributed by atoms with Crippen LogP contribution >= 0.6 is 11.8 Å². The molecule has 1 aliphatic carbocycles. The summed E-state index contributed by atoms with van der Waals surface area (Å²) in [7, 11) is 1.00. The van der Waals surface area contributed by atoms with Crippen LogP contribution in [-0.4, -0.2) is 53.0 Å². The lowest BCUT2D eigenvalue weighted by Gasteiger charge is -2.31. The zero-order valence-electron chi connectivity index (χ0n) is 20.2. The average molecular weight is 499 g/mol. The van der Waals surface area contributed by atoms with Crippen molar-refractivity contribution in [3.63, 3.8) is 0 Å². The van der Waals surface area contributed by atoms with E-state index in [1.165, 1.54) is 17.7 Å². The second-order valence-electron chi connectivity index (χ2n) is 8.19. The van der Waals surface area contributed by atoms with Crippen LogP contribution in [0.25, 0.3) is 0 Å². The van der Waals surface area contributed by atoms with Crippen LogP contribution in [-0.2, 0) is 6.54 Å². The minimum Gasteiger partial charge on any atom is -0.490 e. The Bertz CT molecular complexity index is 1160. The number of nitrogens with one attached hydrogen (secondary N) is 1. The number of aliphatic hydroxyl groups is 1. The van der Waals surface area contributed by atoms with Gasteiger partial charge >= 0.3 is 0 Å². The molecule has 2 aliphatic rings. The van der Waals surface area contributed by atoms with Crippen molar-refractivity contribution in [1.29, 1.82) is 0 Å². The second kappa shape index (κ2) is 12.0. The quantitative estimate of drug-likeness (QED) is 0.495. The zero-order chi connectivity index (χ0) is 24.1. The molecule has 0 atom stereocenters. The first-order valence-electron chi connectivity index (χ1n) is 11.4. The van der Waals surface area contributed by atoms with Gasteiger partial charge < -0.3 is 25.5 Å². The van der Waals surface area contributed by atoms with Crippen LogP contribution in [0, 0.1) is 6.92 Å². The maximum Gasteiger partial charge on any atom is 0.251 e. The van der Waals surface area contributed by atoms with Gasteiger partial charge in [-0.2, -0.15) is 0 Å². The lowest BCUT2D eigenvalue weighted by molar-refractivity contribution is 0.0950. The number of hydrogen-bond donors (Lipinski definition) is 2. The molecule has 9 heteroatoms. The fourth-order valence-electron chi connectivity index (χ4n) is 3.93. The first kappa shape index (κ1) is 26.5. The lowest BCUT2D eigenvalue weighted by atomic mass is 10.1. The second-order valence-corrected chi connectivity index (χ2v) is 9.07. The van der Waals surface area contributed by atoms with E-state index in [4.69, 9.17) is 9.84 Å². The van der Waals surface area contributed by atoms with Crippen LogP contribution in [0.3, 0.4) is 0 Å². The van der Waals surface area contributed by atoms with Crippen LogP contribution in [0.15, 0.2) is 53.4 Å². The summed E-state index contributed by atoms with van der Waals surface area (Å²) in [6.45, 7) is 3.69. The number of rotatable bonds is 6. The van der Waals surface area contributed by atoms with Crippen LogP contribution in [0.4, 0.5) is 11.5 Å². The SMILES string of the molecule is CO.CSc1ccc(CNC(=O)c2ccc3c(c2)OCCN3c2cc(C3CC3)nc(C)n2)cc1.O.[HH]. The summed E-state index contributed by atoms with van der Waals surface area (Å²) >= 11 is 1.70. The average Bonchev–Trinajstić information content (AvgIpc) is 3.73. The molecule has 1 aliphatic heterocycles. The van der Waals surface area contributed by atoms with Gasteiger partial charge in [-0.3, -0.25) is 4.79 Å². The van der Waals surface area contributed by atoms with Gasteiger partial charge in [0.15, 0.2) is 0 Å². The number of anilines is 2. The highest BCUT2D eigenvalue weighted by molar-refractivity contribution is 7.98. The number of thioether (sulfide) groups is 1. The summed E-state index contributed by atoms with van der Waals surface area (Å²) < 4.78 is 5.91. The Morgan fingerprint density at radius 1 is 1.17 bits per heavy atom. The lowest BCUT2D eigenvalue weighted by Crippen LogP contribution is -2.30. The number of hydrogen-bond acceptors (Lipinski definition) is 7. The summed E-state index contributed by atoms with van der Waals surface area (Å²) in [5, 5.41) is 10.0. The van der Waals surface area contributed by atoms with E-state index in [-0.39, 0.29) is 12.8 Å². The fraction of sp³-hybridized carbons (Fsp3) is 0.346. The maximum atomic E-state index is 12.7. The van der Waals surface area contributed by atoms with E-state index < -0.39 is 0 Å². The molecule has 5 rings (SSSR count). The third kappa shape index (κ3) is 6.30. The maximum absolute atomic E-state index is 12.7. The number of ether oxygens (including phenoxy) is 1. The van der Waals surface area contributed by atoms with Gasteiger partial charge in [0.05, 0.1) is 12.2 Å². The van der Waals surface area contributed by atoms with Crippen molar-refractivity contribution in [2.75, 3.05) is 31.4 Å². The minimum atomic E-state index is -0.114. The molecule has 1 fully saturated rings. The number of carbonyl (C=O) groups excluding carboxylic acids is 1. The standard InChI is InChI=1S/C25H26N4O2S.CH4O.H2O.H2/c1-16-27-21(18-5-6-18)14-24(28-16)29-11-12-31-23-13-19(7-10-22(23)29)25(30)26-15-17-3-8-20(32-2)9-4-17;1-2;;/h3-4,7-10,13-14,18H,5-6,11-12,15H2,1-2H3,(H,26,30);2H,1H3;1H2;1H. The molecule has 2 aromatic carbocycles. The van der Waals surface area contributed by atoms with E-state index in [0.717, 1.165) is 35.7 Å². The van der Waals surface area contributed by atoms with Crippen molar-refractivity contribution in [2.45, 2.75) is 37.1 Å². The Balaban J connectivity index is 0.00000111. The molecule has 35 heavy (non-hydrogen) atoms. The Hall–Kier alpha value is -3.14. The molecular weight excluding hydrogens is 464 g/mol. The summed E-state index contributed by atoms with van der Waals surface area (Å²) in [5.74, 6) is 2.85. The van der Waals surface area contributed by atoms with Gasteiger partial charge in [0, 0.05) is 43.2 Å². The Morgan fingerprint density at radius 2 is 1.91 bits per heavy atom. The highest BCUT2D eigenvalue weighted by Crippen LogP contribution is 2.42. The number of benzene rings is 2. The molecule has 1 amide bonds. The van der Waals surface area contributed by atoms with Gasteiger partial charge in [0.2, 0.25) is 0 Å². The molecule has 1 saturated carbocycles. The molecule has 0 saturated heterocycles. The zero-order valence-corrected chi connectivity index (χ0v) is 21.1. The van der Waals surface area contributed by atoms with Crippen molar-refractivity contribution >= 4 is 29.2 Å². The number of amides is 1. The number of aryl methyl sites for hydroxylation is 1. The van der Waals surface area contributed by atoms with Crippen molar-refractivity contribution in [3.05, 3.63) is 71.2 Å². The first-order chi connectivity index (χ1) is 16.6.